The summed E-state index contributed by atoms with van der Waals surface area (Å²) in [4.78, 5) is 57.2. The number of carbonyl (C=O) groups is 3. The second-order valence-electron chi connectivity index (χ2n) is 12.9. The van der Waals surface area contributed by atoms with Crippen LogP contribution in [-0.2, 0) is 4.79 Å². The van der Waals surface area contributed by atoms with Gasteiger partial charge in [-0.2, -0.15) is 0 Å². The number of rotatable bonds is 11. The van der Waals surface area contributed by atoms with E-state index < -0.39 is 12.0 Å². The highest BCUT2D eigenvalue weighted by Crippen LogP contribution is 2.40. The van der Waals surface area contributed by atoms with Crippen molar-refractivity contribution >= 4 is 23.5 Å². The Hall–Kier alpha value is -4.68. The Labute approximate surface area is 281 Å². The third kappa shape index (κ3) is 8.06. The smallest absolute Gasteiger partial charge is 0.275 e. The highest BCUT2D eigenvalue weighted by atomic mass is 16.5. The number of aryl methyl sites for hydroxylation is 2. The minimum absolute atomic E-state index is 0.0631. The highest BCUT2D eigenvalue weighted by molar-refractivity contribution is 6.04. The van der Waals surface area contributed by atoms with E-state index in [0.717, 1.165) is 5.69 Å². The third-order valence-corrected chi connectivity index (χ3v) is 8.86. The first-order valence-corrected chi connectivity index (χ1v) is 16.4. The summed E-state index contributed by atoms with van der Waals surface area (Å²) >= 11 is 0. The molecule has 12 heteroatoms. The Morgan fingerprint density at radius 2 is 1.83 bits per heavy atom. The van der Waals surface area contributed by atoms with Gasteiger partial charge in [0.1, 0.15) is 17.3 Å². The number of hydrogen-bond donors (Lipinski definition) is 2. The molecule has 2 aliphatic rings. The minimum atomic E-state index is -0.506. The molecule has 0 aromatic carbocycles. The Morgan fingerprint density at radius 3 is 2.44 bits per heavy atom. The molecule has 3 aromatic rings. The van der Waals surface area contributed by atoms with E-state index in [-0.39, 0.29) is 36.2 Å². The maximum absolute atomic E-state index is 13.2. The number of ether oxygens (including phenoxy) is 1. The van der Waals surface area contributed by atoms with Crippen LogP contribution in [0.2, 0.25) is 0 Å². The van der Waals surface area contributed by atoms with Crippen molar-refractivity contribution in [2.24, 2.45) is 0 Å². The zero-order chi connectivity index (χ0) is 34.5. The molecule has 254 valence electrons. The maximum Gasteiger partial charge on any atom is 0.275 e. The molecule has 3 aromatic heterocycles. The molecule has 2 fully saturated rings. The molecule has 3 atom stereocenters. The summed E-state index contributed by atoms with van der Waals surface area (Å²) in [5, 5.41) is 13.1. The SMILES string of the molecule is C/C=C/C(=O)N1C[C@H](CO)N(CC(Oc2cnc(C(=O)Nc3ncc(C(=O)N(C)C)cc3C)c(C)c2)c2ccc(C3CC3)cn2)C[C@H]1C. The van der Waals surface area contributed by atoms with Crippen LogP contribution < -0.4 is 10.1 Å². The standard InChI is InChI=1S/C36H45N7O5/c1-7-8-32(45)43-19-28(21-44)42(18-24(43)4)20-31(30-12-11-26(15-37-30)25-9-10-25)48-29-14-22(2)33(38-17-29)35(46)40-34-23(3)13-27(16-39-34)36(47)41(5)6/h7-8,11-17,24-25,28,31,44H,9-10,18-21H2,1-6H3,(H,39,40,46)/b8-7+/t24-,28-,31?/m1/s1. The number of piperazine rings is 1. The van der Waals surface area contributed by atoms with E-state index in [1.54, 1.807) is 57.1 Å². The molecule has 1 aliphatic carbocycles. The van der Waals surface area contributed by atoms with Crippen LogP contribution in [0.15, 0.2) is 55.0 Å². The van der Waals surface area contributed by atoms with Gasteiger partial charge < -0.3 is 25.0 Å². The van der Waals surface area contributed by atoms with Gasteiger partial charge in [0.25, 0.3) is 11.8 Å². The van der Waals surface area contributed by atoms with E-state index in [0.29, 0.717) is 53.8 Å². The van der Waals surface area contributed by atoms with Gasteiger partial charge in [-0.25, -0.2) is 9.97 Å². The molecule has 1 aliphatic heterocycles. The molecule has 0 spiro atoms. The molecule has 1 saturated heterocycles. The molecule has 1 unspecified atom stereocenters. The van der Waals surface area contributed by atoms with Crippen LogP contribution >= 0.6 is 0 Å². The van der Waals surface area contributed by atoms with Crippen molar-refractivity contribution in [3.8, 4) is 5.75 Å². The molecule has 2 N–H and O–H groups in total. The number of anilines is 1. The summed E-state index contributed by atoms with van der Waals surface area (Å²) in [6.07, 6.45) is 10.0. The zero-order valence-corrected chi connectivity index (χ0v) is 28.5. The largest absolute Gasteiger partial charge is 0.481 e. The molecule has 5 rings (SSSR count). The quantitative estimate of drug-likeness (QED) is 0.294. The van der Waals surface area contributed by atoms with Crippen LogP contribution in [0.3, 0.4) is 0 Å². The Bertz CT molecular complexity index is 1670. The average Bonchev–Trinajstić information content (AvgIpc) is 3.91. The summed E-state index contributed by atoms with van der Waals surface area (Å²) in [5.41, 5.74) is 3.87. The van der Waals surface area contributed by atoms with E-state index in [1.807, 2.05) is 26.1 Å². The summed E-state index contributed by atoms with van der Waals surface area (Å²) in [7, 11) is 3.34. The number of nitrogens with zero attached hydrogens (tertiary/aromatic N) is 6. The van der Waals surface area contributed by atoms with Gasteiger partial charge in [0.15, 0.2) is 6.10 Å². The van der Waals surface area contributed by atoms with Crippen LogP contribution in [-0.4, -0.2) is 105 Å². The van der Waals surface area contributed by atoms with Crippen LogP contribution in [0.25, 0.3) is 0 Å². The molecule has 4 heterocycles. The number of hydrogen-bond acceptors (Lipinski definition) is 9. The maximum atomic E-state index is 13.2. The number of amides is 3. The average molecular weight is 656 g/mol. The minimum Gasteiger partial charge on any atom is -0.481 e. The number of nitrogens with one attached hydrogen (secondary N) is 1. The van der Waals surface area contributed by atoms with Crippen molar-refractivity contribution in [1.82, 2.24) is 29.7 Å². The van der Waals surface area contributed by atoms with Gasteiger partial charge in [-0.1, -0.05) is 12.1 Å². The van der Waals surface area contributed by atoms with Gasteiger partial charge in [0.05, 0.1) is 30.1 Å². The number of carbonyl (C=O) groups excluding carboxylic acids is 3. The summed E-state index contributed by atoms with van der Waals surface area (Å²) < 4.78 is 6.55. The second-order valence-corrected chi connectivity index (χ2v) is 12.9. The van der Waals surface area contributed by atoms with Crippen molar-refractivity contribution in [1.29, 1.82) is 0 Å². The van der Waals surface area contributed by atoms with Gasteiger partial charge in [-0.05, 0) is 87.4 Å². The van der Waals surface area contributed by atoms with Crippen molar-refractivity contribution in [2.45, 2.75) is 64.6 Å². The van der Waals surface area contributed by atoms with Crippen molar-refractivity contribution in [3.63, 3.8) is 0 Å². The molecular weight excluding hydrogens is 610 g/mol. The lowest BCUT2D eigenvalue weighted by Gasteiger charge is -2.45. The summed E-state index contributed by atoms with van der Waals surface area (Å²) in [6, 6.07) is 7.22. The van der Waals surface area contributed by atoms with Crippen LogP contribution in [0.1, 0.15) is 81.9 Å². The molecular formula is C36H45N7O5. The number of aliphatic hydroxyl groups is 1. The predicted octanol–water partition coefficient (Wildman–Crippen LogP) is 3.91. The fraction of sp³-hybridized carbons (Fsp3) is 0.444. The molecule has 0 radical (unpaired) electrons. The third-order valence-electron chi connectivity index (χ3n) is 8.86. The number of pyridine rings is 3. The fourth-order valence-corrected chi connectivity index (χ4v) is 5.98. The molecule has 12 nitrogen and oxygen atoms in total. The summed E-state index contributed by atoms with van der Waals surface area (Å²) in [6.45, 7) is 8.66. The first-order valence-electron chi connectivity index (χ1n) is 16.4. The van der Waals surface area contributed by atoms with Gasteiger partial charge in [0.2, 0.25) is 5.91 Å². The van der Waals surface area contributed by atoms with Crippen LogP contribution in [0.5, 0.6) is 5.75 Å². The lowest BCUT2D eigenvalue weighted by atomic mass is 10.0. The first kappa shape index (κ1) is 34.6. The normalized spacial score (nSPS) is 18.9. The van der Waals surface area contributed by atoms with Crippen molar-refractivity contribution in [3.05, 3.63) is 88.6 Å². The summed E-state index contributed by atoms with van der Waals surface area (Å²) in [5.74, 6) is 0.710. The van der Waals surface area contributed by atoms with Crippen LogP contribution in [0, 0.1) is 13.8 Å². The number of allylic oxidation sites excluding steroid dienone is 1. The lowest BCUT2D eigenvalue weighted by molar-refractivity contribution is -0.133. The van der Waals surface area contributed by atoms with Gasteiger partial charge in [-0.15, -0.1) is 0 Å². The van der Waals surface area contributed by atoms with Gasteiger partial charge >= 0.3 is 0 Å². The Balaban J connectivity index is 1.34. The Kier molecular flexibility index (Phi) is 10.9. The van der Waals surface area contributed by atoms with E-state index in [4.69, 9.17) is 9.72 Å². The second kappa shape index (κ2) is 15.0. The first-order chi connectivity index (χ1) is 23.0. The van der Waals surface area contributed by atoms with Crippen molar-refractivity contribution in [2.75, 3.05) is 45.7 Å². The zero-order valence-electron chi connectivity index (χ0n) is 28.5. The van der Waals surface area contributed by atoms with Gasteiger partial charge in [0, 0.05) is 52.2 Å². The molecule has 0 bridgehead atoms. The predicted molar refractivity (Wildman–Crippen MR) is 182 cm³/mol. The lowest BCUT2D eigenvalue weighted by Crippen LogP contribution is -2.60. The van der Waals surface area contributed by atoms with Crippen LogP contribution in [0.4, 0.5) is 5.82 Å². The van der Waals surface area contributed by atoms with Gasteiger partial charge in [-0.3, -0.25) is 24.3 Å². The fourth-order valence-electron chi connectivity index (χ4n) is 5.98. The van der Waals surface area contributed by atoms with E-state index >= 15 is 0 Å². The molecule has 48 heavy (non-hydrogen) atoms. The number of aliphatic hydroxyl groups excluding tert-OH is 1. The van der Waals surface area contributed by atoms with E-state index in [9.17, 15) is 19.5 Å². The molecule has 3 amide bonds. The van der Waals surface area contributed by atoms with E-state index in [1.165, 1.54) is 35.7 Å². The van der Waals surface area contributed by atoms with Crippen molar-refractivity contribution < 1.29 is 24.2 Å². The monoisotopic (exact) mass is 655 g/mol. The molecule has 1 saturated carbocycles. The number of aromatic nitrogens is 3. The topological polar surface area (TPSA) is 141 Å². The highest BCUT2D eigenvalue weighted by Gasteiger charge is 2.35. The van der Waals surface area contributed by atoms with E-state index in [2.05, 4.69) is 26.3 Å². The Morgan fingerprint density at radius 1 is 1.06 bits per heavy atom.